The zero-order valence-electron chi connectivity index (χ0n) is 9.06. The van der Waals surface area contributed by atoms with Crippen LogP contribution < -0.4 is 5.73 Å². The Morgan fingerprint density at radius 3 is 2.25 bits per heavy atom. The molecule has 1 saturated carbocycles. The first-order valence-electron chi connectivity index (χ1n) is 5.59. The van der Waals surface area contributed by atoms with E-state index in [-0.39, 0.29) is 5.54 Å². The summed E-state index contributed by atoms with van der Waals surface area (Å²) in [6.07, 6.45) is 4.03. The third kappa shape index (κ3) is 1.61. The number of nitrogens with two attached hydrogens (primary N) is 1. The topological polar surface area (TPSA) is 38.9 Å². The maximum absolute atomic E-state index is 6.09. The van der Waals surface area contributed by atoms with E-state index in [1.165, 1.54) is 5.56 Å². The molecule has 0 amide bonds. The quantitative estimate of drug-likeness (QED) is 0.827. The van der Waals surface area contributed by atoms with Crippen molar-refractivity contribution in [1.82, 2.24) is 4.98 Å². The summed E-state index contributed by atoms with van der Waals surface area (Å²) in [4.78, 5) is 4.46. The molecule has 0 unspecified atom stereocenters. The highest BCUT2D eigenvalue weighted by atomic mass is 14.9. The van der Waals surface area contributed by atoms with Crippen LogP contribution in [0, 0.1) is 0 Å². The lowest BCUT2D eigenvalue weighted by Crippen LogP contribution is -2.19. The molecule has 2 aromatic rings. The van der Waals surface area contributed by atoms with Crippen molar-refractivity contribution in [1.29, 1.82) is 0 Å². The molecule has 0 aliphatic heterocycles. The lowest BCUT2D eigenvalue weighted by Gasteiger charge is -2.08. The van der Waals surface area contributed by atoms with Crippen molar-refractivity contribution in [3.63, 3.8) is 0 Å². The summed E-state index contributed by atoms with van der Waals surface area (Å²) in [5.74, 6) is 0. The highest BCUT2D eigenvalue weighted by Gasteiger charge is 2.41. The highest BCUT2D eigenvalue weighted by molar-refractivity contribution is 5.62. The summed E-state index contributed by atoms with van der Waals surface area (Å²) in [5, 5.41) is 0. The largest absolute Gasteiger partial charge is 0.320 e. The minimum absolute atomic E-state index is 0.130. The normalized spacial score (nSPS) is 17.1. The molecule has 2 nitrogen and oxygen atoms in total. The second-order valence-electron chi connectivity index (χ2n) is 4.45. The molecule has 1 fully saturated rings. The monoisotopic (exact) mass is 210 g/mol. The Morgan fingerprint density at radius 2 is 1.69 bits per heavy atom. The second kappa shape index (κ2) is 3.42. The Hall–Kier alpha value is -1.67. The van der Waals surface area contributed by atoms with E-state index in [1.807, 2.05) is 24.4 Å². The van der Waals surface area contributed by atoms with Crippen LogP contribution in [0.2, 0.25) is 0 Å². The van der Waals surface area contributed by atoms with Gasteiger partial charge in [0.05, 0.1) is 11.2 Å². The molecule has 1 aliphatic carbocycles. The minimum atomic E-state index is -0.130. The molecular weight excluding hydrogens is 196 g/mol. The molecule has 0 saturated heterocycles. The van der Waals surface area contributed by atoms with Gasteiger partial charge in [-0.3, -0.25) is 4.98 Å². The van der Waals surface area contributed by atoms with Gasteiger partial charge in [0.15, 0.2) is 0 Å². The number of nitrogens with zero attached hydrogens (tertiary/aromatic N) is 1. The van der Waals surface area contributed by atoms with Gasteiger partial charge in [0.25, 0.3) is 0 Å². The number of benzene rings is 1. The van der Waals surface area contributed by atoms with Crippen LogP contribution in [0.25, 0.3) is 11.1 Å². The Bertz CT molecular complexity index is 484. The van der Waals surface area contributed by atoms with Crippen molar-refractivity contribution in [3.05, 3.63) is 54.4 Å². The van der Waals surface area contributed by atoms with E-state index in [1.54, 1.807) is 0 Å². The van der Waals surface area contributed by atoms with E-state index in [0.29, 0.717) is 0 Å². The first-order valence-corrected chi connectivity index (χ1v) is 5.59. The maximum Gasteiger partial charge on any atom is 0.0602 e. The van der Waals surface area contributed by atoms with Crippen molar-refractivity contribution >= 4 is 0 Å². The van der Waals surface area contributed by atoms with Gasteiger partial charge in [0, 0.05) is 11.8 Å². The van der Waals surface area contributed by atoms with Crippen LogP contribution in [0.3, 0.4) is 0 Å². The van der Waals surface area contributed by atoms with Crippen molar-refractivity contribution < 1.29 is 0 Å². The predicted molar refractivity (Wildman–Crippen MR) is 64.8 cm³/mol. The molecule has 16 heavy (non-hydrogen) atoms. The summed E-state index contributed by atoms with van der Waals surface area (Å²) >= 11 is 0. The SMILES string of the molecule is NC1(c2ccc(-c3ccccc3)cn2)CC1. The fourth-order valence-electron chi connectivity index (χ4n) is 1.88. The lowest BCUT2D eigenvalue weighted by molar-refractivity contribution is 0.708. The Morgan fingerprint density at radius 1 is 0.938 bits per heavy atom. The van der Waals surface area contributed by atoms with Gasteiger partial charge in [-0.1, -0.05) is 36.4 Å². The maximum atomic E-state index is 6.09. The molecule has 80 valence electrons. The van der Waals surface area contributed by atoms with Crippen LogP contribution in [-0.2, 0) is 5.54 Å². The smallest absolute Gasteiger partial charge is 0.0602 e. The van der Waals surface area contributed by atoms with Gasteiger partial charge in [0.2, 0.25) is 0 Å². The summed E-state index contributed by atoms with van der Waals surface area (Å²) in [6.45, 7) is 0. The Balaban J connectivity index is 1.94. The van der Waals surface area contributed by atoms with Gasteiger partial charge in [-0.2, -0.15) is 0 Å². The third-order valence-electron chi connectivity index (χ3n) is 3.17. The average molecular weight is 210 g/mol. The van der Waals surface area contributed by atoms with E-state index in [9.17, 15) is 0 Å². The van der Waals surface area contributed by atoms with E-state index in [2.05, 4.69) is 29.2 Å². The number of rotatable bonds is 2. The van der Waals surface area contributed by atoms with Crippen LogP contribution in [0.1, 0.15) is 18.5 Å². The molecule has 0 bridgehead atoms. The van der Waals surface area contributed by atoms with Gasteiger partial charge >= 0.3 is 0 Å². The number of hydrogen-bond donors (Lipinski definition) is 1. The van der Waals surface area contributed by atoms with Crippen LogP contribution in [0.15, 0.2) is 48.7 Å². The third-order valence-corrected chi connectivity index (χ3v) is 3.17. The van der Waals surface area contributed by atoms with E-state index >= 15 is 0 Å². The van der Waals surface area contributed by atoms with E-state index in [4.69, 9.17) is 5.73 Å². The number of aromatic nitrogens is 1. The van der Waals surface area contributed by atoms with Gasteiger partial charge in [-0.05, 0) is 24.5 Å². The molecule has 0 spiro atoms. The van der Waals surface area contributed by atoms with Crippen LogP contribution in [0.4, 0.5) is 0 Å². The molecule has 1 aromatic carbocycles. The van der Waals surface area contributed by atoms with E-state index < -0.39 is 0 Å². The molecule has 3 rings (SSSR count). The first-order chi connectivity index (χ1) is 7.78. The van der Waals surface area contributed by atoms with Gasteiger partial charge in [0.1, 0.15) is 0 Å². The van der Waals surface area contributed by atoms with Crippen LogP contribution in [-0.4, -0.2) is 4.98 Å². The van der Waals surface area contributed by atoms with E-state index in [0.717, 1.165) is 24.1 Å². The lowest BCUT2D eigenvalue weighted by atomic mass is 10.1. The summed E-state index contributed by atoms with van der Waals surface area (Å²) in [5.41, 5.74) is 9.33. The molecular formula is C14H14N2. The molecule has 1 heterocycles. The Kier molecular flexibility index (Phi) is 2.04. The van der Waals surface area contributed by atoms with Crippen molar-refractivity contribution in [2.45, 2.75) is 18.4 Å². The van der Waals surface area contributed by atoms with Gasteiger partial charge in [-0.25, -0.2) is 0 Å². The van der Waals surface area contributed by atoms with Crippen molar-refractivity contribution in [2.75, 3.05) is 0 Å². The summed E-state index contributed by atoms with van der Waals surface area (Å²) < 4.78 is 0. The second-order valence-corrected chi connectivity index (χ2v) is 4.45. The fraction of sp³-hybridized carbons (Fsp3) is 0.214. The Labute approximate surface area is 95.1 Å². The zero-order chi connectivity index (χ0) is 11.0. The standard InChI is InChI=1S/C14H14N2/c15-14(8-9-14)13-7-6-12(10-16-13)11-4-2-1-3-5-11/h1-7,10H,8-9,15H2. The van der Waals surface area contributed by atoms with Gasteiger partial charge < -0.3 is 5.73 Å². The molecule has 1 aliphatic rings. The molecule has 2 N–H and O–H groups in total. The van der Waals surface area contributed by atoms with Gasteiger partial charge in [-0.15, -0.1) is 0 Å². The zero-order valence-corrected chi connectivity index (χ0v) is 9.06. The summed E-state index contributed by atoms with van der Waals surface area (Å²) in [6, 6.07) is 14.4. The molecule has 0 atom stereocenters. The highest BCUT2D eigenvalue weighted by Crippen LogP contribution is 2.41. The minimum Gasteiger partial charge on any atom is -0.320 e. The van der Waals surface area contributed by atoms with Crippen molar-refractivity contribution in [2.24, 2.45) is 5.73 Å². The van der Waals surface area contributed by atoms with Crippen LogP contribution >= 0.6 is 0 Å². The average Bonchev–Trinajstić information content (AvgIpc) is 3.10. The van der Waals surface area contributed by atoms with Crippen LogP contribution in [0.5, 0.6) is 0 Å². The molecule has 2 heteroatoms. The number of pyridine rings is 1. The fourth-order valence-corrected chi connectivity index (χ4v) is 1.88. The summed E-state index contributed by atoms with van der Waals surface area (Å²) in [7, 11) is 0. The predicted octanol–water partition coefficient (Wildman–Crippen LogP) is 2.70. The number of hydrogen-bond acceptors (Lipinski definition) is 2. The molecule has 0 radical (unpaired) electrons. The molecule has 1 aromatic heterocycles. The van der Waals surface area contributed by atoms with Crippen molar-refractivity contribution in [3.8, 4) is 11.1 Å². The first kappa shape index (κ1) is 9.55.